The number of ether oxygens (including phenoxy) is 1. The Morgan fingerprint density at radius 3 is 2.52 bits per heavy atom. The smallest absolute Gasteiger partial charge is 0.261 e. The number of aryl methyl sites for hydroxylation is 1. The summed E-state index contributed by atoms with van der Waals surface area (Å²) in [4.78, 5) is 26.5. The molecule has 0 bridgehead atoms. The van der Waals surface area contributed by atoms with Crippen LogP contribution in [0.3, 0.4) is 0 Å². The molecule has 144 valence electrons. The van der Waals surface area contributed by atoms with Crippen molar-refractivity contribution < 1.29 is 14.3 Å². The van der Waals surface area contributed by atoms with Crippen LogP contribution in [0.1, 0.15) is 23.6 Å². The fourth-order valence-corrected chi connectivity index (χ4v) is 2.90. The van der Waals surface area contributed by atoms with Crippen molar-refractivity contribution in [1.29, 1.82) is 0 Å². The maximum Gasteiger partial charge on any atom is 0.261 e. The van der Waals surface area contributed by atoms with Crippen LogP contribution in [-0.2, 0) is 16.1 Å². The Morgan fingerprint density at radius 2 is 1.85 bits per heavy atom. The van der Waals surface area contributed by atoms with E-state index >= 15 is 0 Å². The van der Waals surface area contributed by atoms with E-state index in [1.165, 1.54) is 4.90 Å². The van der Waals surface area contributed by atoms with Gasteiger partial charge < -0.3 is 15.0 Å². The fraction of sp³-hybridized carbons (Fsp3) is 0.333. The SMILES string of the molecule is CNC(=O)C(C)N(Cc1ccccc1Cl)C(=O)COc1cccc(C)c1C. The van der Waals surface area contributed by atoms with Gasteiger partial charge in [0.1, 0.15) is 11.8 Å². The van der Waals surface area contributed by atoms with Gasteiger partial charge in [-0.3, -0.25) is 9.59 Å². The van der Waals surface area contributed by atoms with Gasteiger partial charge in [0.05, 0.1) is 0 Å². The number of likely N-dealkylation sites (N-methyl/N-ethyl adjacent to an activating group) is 1. The molecule has 5 nitrogen and oxygen atoms in total. The summed E-state index contributed by atoms with van der Waals surface area (Å²) in [5.41, 5.74) is 2.85. The third-order valence-corrected chi connectivity index (χ3v) is 4.99. The number of halogens is 1. The maximum atomic E-state index is 12.9. The molecule has 2 amide bonds. The van der Waals surface area contributed by atoms with Crippen LogP contribution < -0.4 is 10.1 Å². The molecule has 0 heterocycles. The van der Waals surface area contributed by atoms with E-state index < -0.39 is 6.04 Å². The van der Waals surface area contributed by atoms with Crippen LogP contribution in [0, 0.1) is 13.8 Å². The van der Waals surface area contributed by atoms with E-state index in [1.807, 2.05) is 50.2 Å². The number of nitrogens with one attached hydrogen (secondary N) is 1. The Balaban J connectivity index is 2.19. The molecule has 1 N–H and O–H groups in total. The van der Waals surface area contributed by atoms with Crippen molar-refractivity contribution in [1.82, 2.24) is 10.2 Å². The van der Waals surface area contributed by atoms with Crippen molar-refractivity contribution in [2.45, 2.75) is 33.4 Å². The van der Waals surface area contributed by atoms with Crippen molar-refractivity contribution in [3.05, 3.63) is 64.2 Å². The van der Waals surface area contributed by atoms with E-state index in [0.717, 1.165) is 16.7 Å². The van der Waals surface area contributed by atoms with Crippen molar-refractivity contribution in [2.75, 3.05) is 13.7 Å². The van der Waals surface area contributed by atoms with Gasteiger partial charge in [0.25, 0.3) is 5.91 Å². The van der Waals surface area contributed by atoms with Crippen LogP contribution in [0.25, 0.3) is 0 Å². The summed E-state index contributed by atoms with van der Waals surface area (Å²) < 4.78 is 5.74. The first-order valence-electron chi connectivity index (χ1n) is 8.78. The lowest BCUT2D eigenvalue weighted by molar-refractivity contribution is -0.142. The van der Waals surface area contributed by atoms with Gasteiger partial charge in [0.15, 0.2) is 6.61 Å². The first kappa shape index (κ1) is 20.8. The van der Waals surface area contributed by atoms with E-state index in [4.69, 9.17) is 16.3 Å². The van der Waals surface area contributed by atoms with Gasteiger partial charge in [-0.15, -0.1) is 0 Å². The van der Waals surface area contributed by atoms with Crippen molar-refractivity contribution in [2.24, 2.45) is 0 Å². The van der Waals surface area contributed by atoms with E-state index in [2.05, 4.69) is 5.32 Å². The third-order valence-electron chi connectivity index (χ3n) is 4.62. The van der Waals surface area contributed by atoms with Crippen LogP contribution >= 0.6 is 11.6 Å². The molecule has 0 aliphatic carbocycles. The monoisotopic (exact) mass is 388 g/mol. The third kappa shape index (κ3) is 5.23. The molecule has 27 heavy (non-hydrogen) atoms. The molecule has 0 aliphatic rings. The predicted octanol–water partition coefficient (Wildman–Crippen LogP) is 3.50. The molecule has 2 aromatic rings. The lowest BCUT2D eigenvalue weighted by Gasteiger charge is -2.28. The van der Waals surface area contributed by atoms with Crippen molar-refractivity contribution >= 4 is 23.4 Å². The molecule has 2 aromatic carbocycles. The first-order valence-corrected chi connectivity index (χ1v) is 9.16. The average Bonchev–Trinajstić information content (AvgIpc) is 2.67. The number of rotatable bonds is 7. The summed E-state index contributed by atoms with van der Waals surface area (Å²) >= 11 is 6.23. The minimum absolute atomic E-state index is 0.157. The van der Waals surface area contributed by atoms with E-state index in [0.29, 0.717) is 10.8 Å². The summed E-state index contributed by atoms with van der Waals surface area (Å²) in [5.74, 6) is 0.128. The summed E-state index contributed by atoms with van der Waals surface area (Å²) in [7, 11) is 1.55. The number of amides is 2. The molecule has 6 heteroatoms. The molecule has 0 fully saturated rings. The second-order valence-electron chi connectivity index (χ2n) is 6.39. The highest BCUT2D eigenvalue weighted by Crippen LogP contribution is 2.22. The highest BCUT2D eigenvalue weighted by atomic mass is 35.5. The minimum Gasteiger partial charge on any atom is -0.483 e. The Kier molecular flexibility index (Phi) is 7.25. The quantitative estimate of drug-likeness (QED) is 0.789. The number of carbonyl (C=O) groups is 2. The minimum atomic E-state index is -0.652. The predicted molar refractivity (Wildman–Crippen MR) is 107 cm³/mol. The topological polar surface area (TPSA) is 58.6 Å². The van der Waals surface area contributed by atoms with Gasteiger partial charge in [0, 0.05) is 18.6 Å². The number of hydrogen-bond donors (Lipinski definition) is 1. The van der Waals surface area contributed by atoms with Crippen LogP contribution in [0.15, 0.2) is 42.5 Å². The first-order chi connectivity index (χ1) is 12.8. The summed E-state index contributed by atoms with van der Waals surface area (Å²) in [6.45, 7) is 5.69. The van der Waals surface area contributed by atoms with Crippen molar-refractivity contribution in [3.8, 4) is 5.75 Å². The van der Waals surface area contributed by atoms with Crippen LogP contribution in [-0.4, -0.2) is 36.4 Å². The zero-order valence-corrected chi connectivity index (χ0v) is 16.8. The number of nitrogens with zero attached hydrogens (tertiary/aromatic N) is 1. The van der Waals surface area contributed by atoms with Crippen LogP contribution in [0.4, 0.5) is 0 Å². The molecule has 1 atom stereocenters. The highest BCUT2D eigenvalue weighted by Gasteiger charge is 2.26. The van der Waals surface area contributed by atoms with E-state index in [1.54, 1.807) is 20.0 Å². The number of carbonyl (C=O) groups excluding carboxylic acids is 2. The van der Waals surface area contributed by atoms with E-state index in [9.17, 15) is 9.59 Å². The summed E-state index contributed by atoms with van der Waals surface area (Å²) in [5, 5.41) is 3.14. The Hall–Kier alpha value is -2.53. The fourth-order valence-electron chi connectivity index (χ4n) is 2.70. The number of benzene rings is 2. The summed E-state index contributed by atoms with van der Waals surface area (Å²) in [6.07, 6.45) is 0. The van der Waals surface area contributed by atoms with Gasteiger partial charge in [0.2, 0.25) is 5.91 Å². The molecule has 1 unspecified atom stereocenters. The molecule has 0 saturated heterocycles. The zero-order valence-electron chi connectivity index (χ0n) is 16.1. The molecule has 2 rings (SSSR count). The van der Waals surface area contributed by atoms with Gasteiger partial charge in [-0.1, -0.05) is 41.9 Å². The normalized spacial score (nSPS) is 11.6. The lowest BCUT2D eigenvalue weighted by Crippen LogP contribution is -2.48. The van der Waals surface area contributed by atoms with Crippen molar-refractivity contribution in [3.63, 3.8) is 0 Å². The lowest BCUT2D eigenvalue weighted by atomic mass is 10.1. The van der Waals surface area contributed by atoms with Gasteiger partial charge in [-0.05, 0) is 49.6 Å². The second kappa shape index (κ2) is 9.42. The Labute approximate surface area is 165 Å². The summed E-state index contributed by atoms with van der Waals surface area (Å²) in [6, 6.07) is 12.3. The maximum absolute atomic E-state index is 12.9. The highest BCUT2D eigenvalue weighted by molar-refractivity contribution is 6.31. The van der Waals surface area contributed by atoms with E-state index in [-0.39, 0.29) is 25.0 Å². The molecule has 0 radical (unpaired) electrons. The molecular weight excluding hydrogens is 364 g/mol. The Bertz CT molecular complexity index is 823. The number of hydrogen-bond acceptors (Lipinski definition) is 3. The molecule has 0 aromatic heterocycles. The molecule has 0 spiro atoms. The largest absolute Gasteiger partial charge is 0.483 e. The molecular formula is C21H25ClN2O3. The standard InChI is InChI=1S/C21H25ClN2O3/c1-14-8-7-11-19(15(14)2)27-13-20(25)24(16(3)21(26)23-4)12-17-9-5-6-10-18(17)22/h5-11,16H,12-13H2,1-4H3,(H,23,26). The molecule has 0 saturated carbocycles. The van der Waals surface area contributed by atoms with Gasteiger partial charge in [-0.2, -0.15) is 0 Å². The second-order valence-corrected chi connectivity index (χ2v) is 6.80. The zero-order chi connectivity index (χ0) is 20.0. The van der Waals surface area contributed by atoms with Gasteiger partial charge >= 0.3 is 0 Å². The van der Waals surface area contributed by atoms with Crippen LogP contribution in [0.2, 0.25) is 5.02 Å². The van der Waals surface area contributed by atoms with Crippen LogP contribution in [0.5, 0.6) is 5.75 Å². The van der Waals surface area contributed by atoms with Gasteiger partial charge in [-0.25, -0.2) is 0 Å². The average molecular weight is 389 g/mol. The Morgan fingerprint density at radius 1 is 1.15 bits per heavy atom. The molecule has 0 aliphatic heterocycles.